The summed E-state index contributed by atoms with van der Waals surface area (Å²) in [6.07, 6.45) is 1.94. The van der Waals surface area contributed by atoms with E-state index in [1.54, 1.807) is 30.3 Å². The van der Waals surface area contributed by atoms with Gasteiger partial charge in [-0.2, -0.15) is 4.31 Å². The summed E-state index contributed by atoms with van der Waals surface area (Å²) in [6, 6.07) is 19.9. The number of likely N-dealkylation sites (N-methyl/N-ethyl adjacent to an activating group) is 1. The highest BCUT2D eigenvalue weighted by Gasteiger charge is 2.33. The minimum atomic E-state index is -3.95. The lowest BCUT2D eigenvalue weighted by molar-refractivity contribution is -0.141. The van der Waals surface area contributed by atoms with Gasteiger partial charge in [-0.25, -0.2) is 8.42 Å². The van der Waals surface area contributed by atoms with Crippen LogP contribution in [0.2, 0.25) is 10.0 Å². The number of hydrogen-bond donors (Lipinski definition) is 1. The van der Waals surface area contributed by atoms with Gasteiger partial charge in [-0.05, 0) is 48.7 Å². The SMILES string of the molecule is CCCCNC(=O)[C@@H](Cc1ccccc1)N(Cc1ccc(Cl)c(Cl)c1)C(=O)CN(C)S(=O)(=O)c1ccc(C)cc1. The summed E-state index contributed by atoms with van der Waals surface area (Å²) in [5.41, 5.74) is 2.44. The highest BCUT2D eigenvalue weighted by Crippen LogP contribution is 2.25. The van der Waals surface area contributed by atoms with Gasteiger partial charge in [0.25, 0.3) is 0 Å². The first-order valence-corrected chi connectivity index (χ1v) is 15.3. The van der Waals surface area contributed by atoms with E-state index < -0.39 is 28.5 Å². The summed E-state index contributed by atoms with van der Waals surface area (Å²) in [5, 5.41) is 3.63. The van der Waals surface area contributed by atoms with Gasteiger partial charge in [-0.1, -0.05) is 90.6 Å². The van der Waals surface area contributed by atoms with Crippen LogP contribution in [0, 0.1) is 6.92 Å². The Morgan fingerprint density at radius 1 is 0.925 bits per heavy atom. The molecule has 1 N–H and O–H groups in total. The maximum Gasteiger partial charge on any atom is 0.243 e. The fraction of sp³-hybridized carbons (Fsp3) is 0.333. The van der Waals surface area contributed by atoms with Crippen LogP contribution in [0.25, 0.3) is 0 Å². The van der Waals surface area contributed by atoms with E-state index in [1.807, 2.05) is 44.2 Å². The summed E-state index contributed by atoms with van der Waals surface area (Å²) in [5.74, 6) is -0.828. The van der Waals surface area contributed by atoms with Crippen molar-refractivity contribution in [3.05, 3.63) is 99.5 Å². The van der Waals surface area contributed by atoms with Crippen molar-refractivity contribution in [2.45, 2.75) is 50.6 Å². The number of rotatable bonds is 13. The third kappa shape index (κ3) is 8.54. The molecular weight excluding hydrogens is 569 g/mol. The summed E-state index contributed by atoms with van der Waals surface area (Å²) in [6.45, 7) is 3.94. The second-order valence-corrected chi connectivity index (χ2v) is 12.6. The number of unbranched alkanes of at least 4 members (excludes halogenated alkanes) is 1. The first-order chi connectivity index (χ1) is 19.0. The average Bonchev–Trinajstić information content (AvgIpc) is 2.93. The molecule has 0 aliphatic rings. The summed E-state index contributed by atoms with van der Waals surface area (Å²) in [4.78, 5) is 28.9. The fourth-order valence-corrected chi connectivity index (χ4v) is 5.59. The van der Waals surface area contributed by atoms with Gasteiger partial charge in [0.05, 0.1) is 21.5 Å². The van der Waals surface area contributed by atoms with E-state index >= 15 is 0 Å². The minimum Gasteiger partial charge on any atom is -0.354 e. The molecule has 3 aromatic carbocycles. The van der Waals surface area contributed by atoms with Crippen molar-refractivity contribution >= 4 is 45.0 Å². The predicted octanol–water partition coefficient (Wildman–Crippen LogP) is 5.48. The fourth-order valence-electron chi connectivity index (χ4n) is 4.15. The molecule has 0 bridgehead atoms. The Labute approximate surface area is 247 Å². The molecule has 10 heteroatoms. The number of halogens is 2. The first kappa shape index (κ1) is 31.6. The number of nitrogens with zero attached hydrogens (tertiary/aromatic N) is 2. The minimum absolute atomic E-state index is 0.0346. The van der Waals surface area contributed by atoms with Crippen LogP contribution >= 0.6 is 23.2 Å². The van der Waals surface area contributed by atoms with Crippen molar-refractivity contribution in [2.75, 3.05) is 20.1 Å². The van der Waals surface area contributed by atoms with Crippen LogP contribution in [-0.4, -0.2) is 55.6 Å². The Kier molecular flexibility index (Phi) is 11.6. The number of amides is 2. The van der Waals surface area contributed by atoms with Crippen molar-refractivity contribution in [1.82, 2.24) is 14.5 Å². The summed E-state index contributed by atoms with van der Waals surface area (Å²) in [7, 11) is -2.59. The van der Waals surface area contributed by atoms with E-state index in [-0.39, 0.29) is 23.8 Å². The molecule has 0 aliphatic heterocycles. The van der Waals surface area contributed by atoms with Crippen molar-refractivity contribution < 1.29 is 18.0 Å². The van der Waals surface area contributed by atoms with E-state index in [0.29, 0.717) is 22.2 Å². The number of aryl methyl sites for hydroxylation is 1. The van der Waals surface area contributed by atoms with E-state index in [1.165, 1.54) is 24.1 Å². The van der Waals surface area contributed by atoms with Crippen LogP contribution in [0.5, 0.6) is 0 Å². The third-order valence-corrected chi connectivity index (χ3v) is 9.08. The standard InChI is InChI=1S/C30H35Cl2N3O4S/c1-4-5-17-33-30(37)28(19-23-9-7-6-8-10-23)35(20-24-13-16-26(31)27(32)18-24)29(36)21-34(3)40(38,39)25-14-11-22(2)12-15-25/h6-16,18,28H,4-5,17,19-21H2,1-3H3,(H,33,37)/t28-/m1/s1. The maximum atomic E-state index is 13.9. The normalized spacial score (nSPS) is 12.2. The Morgan fingerprint density at radius 2 is 1.60 bits per heavy atom. The number of nitrogens with one attached hydrogen (secondary N) is 1. The highest BCUT2D eigenvalue weighted by molar-refractivity contribution is 7.89. The molecule has 0 fully saturated rings. The van der Waals surface area contributed by atoms with Crippen molar-refractivity contribution in [3.63, 3.8) is 0 Å². The highest BCUT2D eigenvalue weighted by atomic mass is 35.5. The number of carbonyl (C=O) groups excluding carboxylic acids is 2. The zero-order valence-corrected chi connectivity index (χ0v) is 25.3. The lowest BCUT2D eigenvalue weighted by atomic mass is 10.0. The molecule has 3 rings (SSSR count). The van der Waals surface area contributed by atoms with Crippen molar-refractivity contribution in [3.8, 4) is 0 Å². The molecule has 1 atom stereocenters. The van der Waals surface area contributed by atoms with Gasteiger partial charge < -0.3 is 10.2 Å². The van der Waals surface area contributed by atoms with Gasteiger partial charge in [0.2, 0.25) is 21.8 Å². The van der Waals surface area contributed by atoms with Gasteiger partial charge in [0.1, 0.15) is 6.04 Å². The molecule has 0 heterocycles. The van der Waals surface area contributed by atoms with Gasteiger partial charge >= 0.3 is 0 Å². The zero-order valence-electron chi connectivity index (χ0n) is 22.9. The Balaban J connectivity index is 1.97. The molecule has 0 unspecified atom stereocenters. The summed E-state index contributed by atoms with van der Waals surface area (Å²) < 4.78 is 27.5. The number of benzene rings is 3. The molecule has 0 saturated heterocycles. The van der Waals surface area contributed by atoms with E-state index in [4.69, 9.17) is 23.2 Å². The molecule has 0 spiro atoms. The number of sulfonamides is 1. The van der Waals surface area contributed by atoms with Crippen LogP contribution < -0.4 is 5.32 Å². The molecule has 0 aliphatic carbocycles. The first-order valence-electron chi connectivity index (χ1n) is 13.1. The smallest absolute Gasteiger partial charge is 0.243 e. The molecule has 7 nitrogen and oxygen atoms in total. The van der Waals surface area contributed by atoms with E-state index in [9.17, 15) is 18.0 Å². The Hall–Kier alpha value is -2.91. The number of hydrogen-bond acceptors (Lipinski definition) is 4. The molecule has 3 aromatic rings. The zero-order chi connectivity index (χ0) is 29.3. The monoisotopic (exact) mass is 603 g/mol. The Morgan fingerprint density at radius 3 is 2.23 bits per heavy atom. The van der Waals surface area contributed by atoms with E-state index in [2.05, 4.69) is 5.32 Å². The van der Waals surface area contributed by atoms with Gasteiger partial charge in [-0.3, -0.25) is 9.59 Å². The Bertz CT molecular complexity index is 1400. The van der Waals surface area contributed by atoms with Crippen LogP contribution in [0.1, 0.15) is 36.5 Å². The molecule has 214 valence electrons. The van der Waals surface area contributed by atoms with Gasteiger partial charge in [0, 0.05) is 26.6 Å². The third-order valence-electron chi connectivity index (χ3n) is 6.52. The molecule has 2 amide bonds. The summed E-state index contributed by atoms with van der Waals surface area (Å²) >= 11 is 12.4. The molecule has 40 heavy (non-hydrogen) atoms. The van der Waals surface area contributed by atoms with E-state index in [0.717, 1.165) is 28.3 Å². The largest absolute Gasteiger partial charge is 0.354 e. The van der Waals surface area contributed by atoms with Gasteiger partial charge in [-0.15, -0.1) is 0 Å². The second kappa shape index (κ2) is 14.6. The molecule has 0 saturated carbocycles. The van der Waals surface area contributed by atoms with Crippen LogP contribution in [0.4, 0.5) is 0 Å². The van der Waals surface area contributed by atoms with Crippen molar-refractivity contribution in [2.24, 2.45) is 0 Å². The molecular formula is C30H35Cl2N3O4S. The average molecular weight is 605 g/mol. The topological polar surface area (TPSA) is 86.8 Å². The van der Waals surface area contributed by atoms with Crippen molar-refractivity contribution in [1.29, 1.82) is 0 Å². The second-order valence-electron chi connectivity index (χ2n) is 9.69. The van der Waals surface area contributed by atoms with Crippen LogP contribution in [0.3, 0.4) is 0 Å². The number of carbonyl (C=O) groups is 2. The van der Waals surface area contributed by atoms with Crippen LogP contribution in [-0.2, 0) is 32.6 Å². The lowest BCUT2D eigenvalue weighted by Crippen LogP contribution is -2.53. The van der Waals surface area contributed by atoms with Gasteiger partial charge in [0.15, 0.2) is 0 Å². The molecule has 0 aromatic heterocycles. The quantitative estimate of drug-likeness (QED) is 0.262. The maximum absolute atomic E-state index is 13.9. The van der Waals surface area contributed by atoms with Crippen LogP contribution in [0.15, 0.2) is 77.7 Å². The lowest BCUT2D eigenvalue weighted by Gasteiger charge is -2.32. The predicted molar refractivity (Wildman–Crippen MR) is 160 cm³/mol. The molecule has 0 radical (unpaired) electrons.